The molecule has 0 aliphatic carbocycles. The fourth-order valence-electron chi connectivity index (χ4n) is 2.77. The molecule has 2 atom stereocenters. The van der Waals surface area contributed by atoms with Gasteiger partial charge in [-0.1, -0.05) is 86.8 Å². The molecule has 1 nitrogen and oxygen atoms in total. The molecule has 112 valence electrons. The Hall–Kier alpha value is -1.60. The molecule has 21 heavy (non-hydrogen) atoms. The fraction of sp³-hybridized carbons (Fsp3) is 0.400. The van der Waals surface area contributed by atoms with Crippen molar-refractivity contribution in [3.05, 3.63) is 71.8 Å². The summed E-state index contributed by atoms with van der Waals surface area (Å²) >= 11 is 0. The second-order valence-corrected chi connectivity index (χ2v) is 5.76. The lowest BCUT2D eigenvalue weighted by Gasteiger charge is -2.24. The van der Waals surface area contributed by atoms with Crippen LogP contribution >= 0.6 is 0 Å². The summed E-state index contributed by atoms with van der Waals surface area (Å²) in [4.78, 5) is 0. The standard InChI is InChI=1S/C20H27N/c1-3-4-7-16-20(19-14-10-6-11-15-19)21-17(2)18-12-8-5-9-13-18/h5-6,8-15,17,20-21H,3-4,7,16H2,1-2H3. The molecule has 0 fully saturated rings. The Morgan fingerprint density at radius 2 is 1.38 bits per heavy atom. The number of hydrogen-bond donors (Lipinski definition) is 1. The van der Waals surface area contributed by atoms with Gasteiger partial charge in [-0.15, -0.1) is 0 Å². The summed E-state index contributed by atoms with van der Waals surface area (Å²) < 4.78 is 0. The van der Waals surface area contributed by atoms with Gasteiger partial charge in [0, 0.05) is 12.1 Å². The average Bonchev–Trinajstić information content (AvgIpc) is 2.55. The molecule has 0 aromatic heterocycles. The van der Waals surface area contributed by atoms with Crippen molar-refractivity contribution in [1.29, 1.82) is 0 Å². The first-order valence-electron chi connectivity index (χ1n) is 8.17. The van der Waals surface area contributed by atoms with Gasteiger partial charge < -0.3 is 5.32 Å². The Morgan fingerprint density at radius 3 is 1.95 bits per heavy atom. The van der Waals surface area contributed by atoms with Crippen molar-refractivity contribution in [2.45, 2.75) is 51.6 Å². The van der Waals surface area contributed by atoms with Crippen LogP contribution in [0.2, 0.25) is 0 Å². The number of nitrogens with one attached hydrogen (secondary N) is 1. The van der Waals surface area contributed by atoms with Crippen LogP contribution < -0.4 is 5.32 Å². The molecule has 2 aromatic carbocycles. The average molecular weight is 281 g/mol. The van der Waals surface area contributed by atoms with Gasteiger partial charge in [0.15, 0.2) is 0 Å². The lowest BCUT2D eigenvalue weighted by Crippen LogP contribution is -2.24. The summed E-state index contributed by atoms with van der Waals surface area (Å²) in [5.74, 6) is 0. The van der Waals surface area contributed by atoms with Gasteiger partial charge in [-0.05, 0) is 24.5 Å². The normalized spacial score (nSPS) is 13.8. The van der Waals surface area contributed by atoms with Crippen molar-refractivity contribution < 1.29 is 0 Å². The van der Waals surface area contributed by atoms with Crippen LogP contribution in [-0.2, 0) is 0 Å². The maximum atomic E-state index is 3.81. The van der Waals surface area contributed by atoms with Crippen molar-refractivity contribution in [2.24, 2.45) is 0 Å². The summed E-state index contributed by atoms with van der Waals surface area (Å²) in [6.45, 7) is 4.52. The van der Waals surface area contributed by atoms with Crippen molar-refractivity contribution in [2.75, 3.05) is 0 Å². The lowest BCUT2D eigenvalue weighted by atomic mass is 9.98. The van der Waals surface area contributed by atoms with E-state index in [4.69, 9.17) is 0 Å². The second-order valence-electron chi connectivity index (χ2n) is 5.76. The fourth-order valence-corrected chi connectivity index (χ4v) is 2.77. The molecule has 0 radical (unpaired) electrons. The van der Waals surface area contributed by atoms with E-state index in [0.717, 1.165) is 0 Å². The first-order valence-corrected chi connectivity index (χ1v) is 8.17. The van der Waals surface area contributed by atoms with E-state index in [-0.39, 0.29) is 0 Å². The smallest absolute Gasteiger partial charge is 0.0325 e. The number of benzene rings is 2. The Morgan fingerprint density at radius 1 is 0.810 bits per heavy atom. The van der Waals surface area contributed by atoms with Crippen LogP contribution in [-0.4, -0.2) is 0 Å². The SMILES string of the molecule is CCCCCC(NC(C)c1ccccc1)c1ccccc1. The third-order valence-corrected chi connectivity index (χ3v) is 4.05. The summed E-state index contributed by atoms with van der Waals surface area (Å²) in [7, 11) is 0. The van der Waals surface area contributed by atoms with Gasteiger partial charge in [-0.25, -0.2) is 0 Å². The zero-order chi connectivity index (χ0) is 14.9. The Balaban J connectivity index is 2.05. The molecule has 1 N–H and O–H groups in total. The van der Waals surface area contributed by atoms with Crippen LogP contribution in [0.3, 0.4) is 0 Å². The van der Waals surface area contributed by atoms with Gasteiger partial charge in [-0.3, -0.25) is 0 Å². The molecule has 0 aliphatic rings. The summed E-state index contributed by atoms with van der Waals surface area (Å²) in [6.07, 6.45) is 5.07. The molecule has 2 aromatic rings. The van der Waals surface area contributed by atoms with E-state index in [2.05, 4.69) is 79.8 Å². The van der Waals surface area contributed by atoms with Crippen molar-refractivity contribution in [3.8, 4) is 0 Å². The number of rotatable bonds is 8. The van der Waals surface area contributed by atoms with Crippen LogP contribution in [0.4, 0.5) is 0 Å². The summed E-state index contributed by atoms with van der Waals surface area (Å²) in [5, 5.41) is 3.81. The second kappa shape index (κ2) is 8.63. The van der Waals surface area contributed by atoms with Crippen LogP contribution in [0, 0.1) is 0 Å². The van der Waals surface area contributed by atoms with E-state index in [1.165, 1.54) is 36.8 Å². The summed E-state index contributed by atoms with van der Waals surface area (Å²) in [6, 6.07) is 22.4. The first kappa shape index (κ1) is 15.8. The van der Waals surface area contributed by atoms with E-state index < -0.39 is 0 Å². The minimum Gasteiger partial charge on any atom is -0.303 e. The molecule has 0 aliphatic heterocycles. The van der Waals surface area contributed by atoms with Crippen LogP contribution in [0.15, 0.2) is 60.7 Å². The van der Waals surface area contributed by atoms with E-state index >= 15 is 0 Å². The monoisotopic (exact) mass is 281 g/mol. The molecular weight excluding hydrogens is 254 g/mol. The van der Waals surface area contributed by atoms with Crippen LogP contribution in [0.5, 0.6) is 0 Å². The highest BCUT2D eigenvalue weighted by Gasteiger charge is 2.14. The highest BCUT2D eigenvalue weighted by Crippen LogP contribution is 2.24. The van der Waals surface area contributed by atoms with E-state index in [1.54, 1.807) is 0 Å². The van der Waals surface area contributed by atoms with Gasteiger partial charge in [0.25, 0.3) is 0 Å². The Bertz CT molecular complexity index is 492. The van der Waals surface area contributed by atoms with E-state index in [9.17, 15) is 0 Å². The highest BCUT2D eigenvalue weighted by atomic mass is 14.9. The van der Waals surface area contributed by atoms with E-state index in [1.807, 2.05) is 0 Å². The van der Waals surface area contributed by atoms with Gasteiger partial charge in [0.05, 0.1) is 0 Å². The molecule has 0 saturated carbocycles. The predicted octanol–water partition coefficient (Wildman–Crippen LogP) is 5.66. The Labute approximate surface area is 129 Å². The predicted molar refractivity (Wildman–Crippen MR) is 91.3 cm³/mol. The zero-order valence-electron chi connectivity index (χ0n) is 13.3. The van der Waals surface area contributed by atoms with Crippen LogP contribution in [0.1, 0.15) is 62.7 Å². The molecular formula is C20H27N. The molecule has 2 rings (SSSR count). The third kappa shape index (κ3) is 5.02. The van der Waals surface area contributed by atoms with Crippen molar-refractivity contribution >= 4 is 0 Å². The Kier molecular flexibility index (Phi) is 6.49. The lowest BCUT2D eigenvalue weighted by molar-refractivity contribution is 0.427. The van der Waals surface area contributed by atoms with E-state index in [0.29, 0.717) is 12.1 Å². The van der Waals surface area contributed by atoms with Crippen LogP contribution in [0.25, 0.3) is 0 Å². The number of hydrogen-bond acceptors (Lipinski definition) is 1. The zero-order valence-corrected chi connectivity index (χ0v) is 13.3. The van der Waals surface area contributed by atoms with Crippen molar-refractivity contribution in [1.82, 2.24) is 5.32 Å². The van der Waals surface area contributed by atoms with Gasteiger partial charge in [0.2, 0.25) is 0 Å². The summed E-state index contributed by atoms with van der Waals surface area (Å²) in [5.41, 5.74) is 2.75. The third-order valence-electron chi connectivity index (χ3n) is 4.05. The molecule has 0 spiro atoms. The molecule has 2 unspecified atom stereocenters. The van der Waals surface area contributed by atoms with Gasteiger partial charge >= 0.3 is 0 Å². The van der Waals surface area contributed by atoms with Crippen molar-refractivity contribution in [3.63, 3.8) is 0 Å². The maximum absolute atomic E-state index is 3.81. The first-order chi connectivity index (χ1) is 10.3. The largest absolute Gasteiger partial charge is 0.303 e. The molecule has 0 saturated heterocycles. The number of unbranched alkanes of at least 4 members (excludes halogenated alkanes) is 2. The molecule has 0 heterocycles. The quantitative estimate of drug-likeness (QED) is 0.616. The topological polar surface area (TPSA) is 12.0 Å². The van der Waals surface area contributed by atoms with Gasteiger partial charge in [0.1, 0.15) is 0 Å². The minimum atomic E-state index is 0.373. The minimum absolute atomic E-state index is 0.373. The molecule has 1 heteroatoms. The van der Waals surface area contributed by atoms with Gasteiger partial charge in [-0.2, -0.15) is 0 Å². The maximum Gasteiger partial charge on any atom is 0.0325 e. The molecule has 0 amide bonds. The molecule has 0 bridgehead atoms. The highest BCUT2D eigenvalue weighted by molar-refractivity contribution is 5.22.